The summed E-state index contributed by atoms with van der Waals surface area (Å²) in [6.45, 7) is 5.25. The van der Waals surface area contributed by atoms with E-state index >= 15 is 0 Å². The van der Waals surface area contributed by atoms with Crippen LogP contribution in [0.4, 0.5) is 6.01 Å². The third kappa shape index (κ3) is 2.54. The third-order valence-corrected chi connectivity index (χ3v) is 5.45. The number of hydrogen-bond donors (Lipinski definition) is 1. The fourth-order valence-corrected chi connectivity index (χ4v) is 4.12. The molecule has 1 aromatic heterocycles. The highest BCUT2D eigenvalue weighted by Gasteiger charge is 2.59. The number of aromatic nitrogens is 2. The summed E-state index contributed by atoms with van der Waals surface area (Å²) in [5.41, 5.74) is 0.864. The minimum atomic E-state index is 0.0547. The Morgan fingerprint density at radius 3 is 2.76 bits per heavy atom. The van der Waals surface area contributed by atoms with E-state index in [0.29, 0.717) is 35.4 Å². The first-order valence-corrected chi connectivity index (χ1v) is 8.49. The van der Waals surface area contributed by atoms with E-state index in [1.165, 1.54) is 0 Å². The standard InChI is InChI=1S/C18H23N3O4/c1-18(2)14(11-7-8-24-15(11)18)19-17-20-16(21-25-17)10-5-6-12(22-3)13(9-10)23-4/h5-6,9,11,14-15H,7-8H2,1-4H3,(H,19,20,21)/t11-,14+,15+/m0/s1. The molecule has 0 bridgehead atoms. The number of ether oxygens (including phenoxy) is 3. The second-order valence-corrected chi connectivity index (χ2v) is 7.18. The van der Waals surface area contributed by atoms with Crippen molar-refractivity contribution >= 4 is 6.01 Å². The van der Waals surface area contributed by atoms with Crippen LogP contribution in [-0.4, -0.2) is 43.1 Å². The summed E-state index contributed by atoms with van der Waals surface area (Å²) in [5, 5.41) is 7.49. The van der Waals surface area contributed by atoms with Crippen LogP contribution in [0.25, 0.3) is 11.4 Å². The highest BCUT2D eigenvalue weighted by atomic mass is 16.5. The maximum atomic E-state index is 5.82. The van der Waals surface area contributed by atoms with E-state index in [1.54, 1.807) is 14.2 Å². The van der Waals surface area contributed by atoms with Gasteiger partial charge in [-0.05, 0) is 24.6 Å². The summed E-state index contributed by atoms with van der Waals surface area (Å²) < 4.78 is 21.8. The van der Waals surface area contributed by atoms with Gasteiger partial charge in [-0.2, -0.15) is 4.98 Å². The lowest BCUT2D eigenvalue weighted by atomic mass is 9.57. The Labute approximate surface area is 146 Å². The molecule has 2 heterocycles. The first kappa shape index (κ1) is 16.2. The van der Waals surface area contributed by atoms with Gasteiger partial charge in [0.2, 0.25) is 5.82 Å². The topological polar surface area (TPSA) is 78.6 Å². The van der Waals surface area contributed by atoms with Gasteiger partial charge in [0.05, 0.1) is 20.3 Å². The molecule has 4 rings (SSSR count). The smallest absolute Gasteiger partial charge is 0.322 e. The van der Waals surface area contributed by atoms with Crippen molar-refractivity contribution in [3.8, 4) is 22.9 Å². The Hall–Kier alpha value is -2.28. The summed E-state index contributed by atoms with van der Waals surface area (Å²) in [6, 6.07) is 6.26. The molecular formula is C18H23N3O4. The van der Waals surface area contributed by atoms with Gasteiger partial charge in [0.15, 0.2) is 11.5 Å². The van der Waals surface area contributed by atoms with Crippen LogP contribution in [0.5, 0.6) is 11.5 Å². The van der Waals surface area contributed by atoms with Crippen LogP contribution < -0.4 is 14.8 Å². The molecule has 1 N–H and O–H groups in total. The van der Waals surface area contributed by atoms with Crippen molar-refractivity contribution in [2.75, 3.05) is 26.1 Å². The molecule has 1 saturated heterocycles. The molecule has 2 aromatic rings. The Morgan fingerprint density at radius 2 is 2.00 bits per heavy atom. The normalized spacial score (nSPS) is 26.6. The number of nitrogens with one attached hydrogen (secondary N) is 1. The second kappa shape index (κ2) is 5.91. The molecule has 134 valence electrons. The lowest BCUT2D eigenvalue weighted by Gasteiger charge is -2.54. The predicted octanol–water partition coefficient (Wildman–Crippen LogP) is 2.98. The van der Waals surface area contributed by atoms with Gasteiger partial charge in [-0.1, -0.05) is 19.0 Å². The zero-order valence-electron chi connectivity index (χ0n) is 14.9. The molecule has 1 saturated carbocycles. The van der Waals surface area contributed by atoms with Gasteiger partial charge in [0.25, 0.3) is 0 Å². The number of benzene rings is 1. The molecule has 0 spiro atoms. The molecule has 2 fully saturated rings. The predicted molar refractivity (Wildman–Crippen MR) is 91.9 cm³/mol. The van der Waals surface area contributed by atoms with Crippen LogP contribution in [0.2, 0.25) is 0 Å². The fraction of sp³-hybridized carbons (Fsp3) is 0.556. The zero-order chi connectivity index (χ0) is 17.6. The molecule has 7 heteroatoms. The maximum Gasteiger partial charge on any atom is 0.322 e. The van der Waals surface area contributed by atoms with Crippen molar-refractivity contribution in [3.63, 3.8) is 0 Å². The van der Waals surface area contributed by atoms with E-state index in [0.717, 1.165) is 18.6 Å². The van der Waals surface area contributed by atoms with Gasteiger partial charge < -0.3 is 24.1 Å². The van der Waals surface area contributed by atoms with E-state index < -0.39 is 0 Å². The molecule has 1 aliphatic carbocycles. The Bertz CT molecular complexity index is 773. The number of methoxy groups -OCH3 is 2. The monoisotopic (exact) mass is 345 g/mol. The molecule has 0 unspecified atom stereocenters. The van der Waals surface area contributed by atoms with Gasteiger partial charge in [-0.25, -0.2) is 0 Å². The summed E-state index contributed by atoms with van der Waals surface area (Å²) in [7, 11) is 3.21. The lowest BCUT2D eigenvalue weighted by Crippen LogP contribution is -2.63. The molecule has 1 aliphatic heterocycles. The van der Waals surface area contributed by atoms with Crippen molar-refractivity contribution in [2.45, 2.75) is 32.4 Å². The van der Waals surface area contributed by atoms with Crippen molar-refractivity contribution in [3.05, 3.63) is 18.2 Å². The average Bonchev–Trinajstić information content (AvgIpc) is 3.27. The van der Waals surface area contributed by atoms with E-state index in [-0.39, 0.29) is 11.5 Å². The second-order valence-electron chi connectivity index (χ2n) is 7.18. The Balaban J connectivity index is 1.53. The molecule has 7 nitrogen and oxygen atoms in total. The number of anilines is 1. The quantitative estimate of drug-likeness (QED) is 0.892. The van der Waals surface area contributed by atoms with Gasteiger partial charge in [0, 0.05) is 29.5 Å². The minimum absolute atomic E-state index is 0.0547. The van der Waals surface area contributed by atoms with Crippen molar-refractivity contribution in [2.24, 2.45) is 11.3 Å². The van der Waals surface area contributed by atoms with E-state index in [2.05, 4.69) is 29.3 Å². The maximum absolute atomic E-state index is 5.82. The lowest BCUT2D eigenvalue weighted by molar-refractivity contribution is -0.0929. The average molecular weight is 345 g/mol. The van der Waals surface area contributed by atoms with E-state index in [4.69, 9.17) is 18.7 Å². The molecule has 2 aliphatic rings. The molecular weight excluding hydrogens is 322 g/mol. The van der Waals surface area contributed by atoms with Crippen LogP contribution in [0.15, 0.2) is 22.7 Å². The van der Waals surface area contributed by atoms with E-state index in [1.807, 2.05) is 18.2 Å². The summed E-state index contributed by atoms with van der Waals surface area (Å²) >= 11 is 0. The number of nitrogens with zero attached hydrogens (tertiary/aromatic N) is 2. The van der Waals surface area contributed by atoms with Crippen LogP contribution in [-0.2, 0) is 4.74 Å². The van der Waals surface area contributed by atoms with Crippen molar-refractivity contribution < 1.29 is 18.7 Å². The third-order valence-electron chi connectivity index (χ3n) is 5.45. The van der Waals surface area contributed by atoms with Crippen LogP contribution in [0.1, 0.15) is 20.3 Å². The molecule has 1 aromatic carbocycles. The number of hydrogen-bond acceptors (Lipinski definition) is 7. The van der Waals surface area contributed by atoms with Gasteiger partial charge >= 0.3 is 6.01 Å². The van der Waals surface area contributed by atoms with Crippen molar-refractivity contribution in [1.82, 2.24) is 10.1 Å². The summed E-state index contributed by atoms with van der Waals surface area (Å²) in [5.74, 6) is 2.31. The molecule has 25 heavy (non-hydrogen) atoms. The number of rotatable bonds is 5. The summed E-state index contributed by atoms with van der Waals surface area (Å²) in [6.07, 6.45) is 1.39. The Morgan fingerprint density at radius 1 is 1.20 bits per heavy atom. The van der Waals surface area contributed by atoms with Gasteiger partial charge in [0.1, 0.15) is 0 Å². The van der Waals surface area contributed by atoms with E-state index in [9.17, 15) is 0 Å². The van der Waals surface area contributed by atoms with Gasteiger partial charge in [-0.15, -0.1) is 0 Å². The first-order valence-electron chi connectivity index (χ1n) is 8.49. The minimum Gasteiger partial charge on any atom is -0.493 e. The fourth-order valence-electron chi connectivity index (χ4n) is 4.12. The largest absolute Gasteiger partial charge is 0.493 e. The first-order chi connectivity index (χ1) is 12.0. The van der Waals surface area contributed by atoms with Crippen LogP contribution >= 0.6 is 0 Å². The summed E-state index contributed by atoms with van der Waals surface area (Å²) in [4.78, 5) is 4.49. The zero-order valence-corrected chi connectivity index (χ0v) is 14.9. The number of fused-ring (bicyclic) bond motifs is 1. The highest BCUT2D eigenvalue weighted by Crippen LogP contribution is 2.53. The van der Waals surface area contributed by atoms with Crippen molar-refractivity contribution in [1.29, 1.82) is 0 Å². The van der Waals surface area contributed by atoms with Crippen LogP contribution in [0, 0.1) is 11.3 Å². The van der Waals surface area contributed by atoms with Crippen LogP contribution in [0.3, 0.4) is 0 Å². The Kier molecular flexibility index (Phi) is 3.83. The molecule has 3 atom stereocenters. The molecule has 0 amide bonds. The molecule has 0 radical (unpaired) electrons. The van der Waals surface area contributed by atoms with Gasteiger partial charge in [-0.3, -0.25) is 0 Å². The SMILES string of the molecule is COc1ccc(-c2noc(N[C@@H]3[C@@H]4CCO[C@H]4C3(C)C)n2)cc1OC. The highest BCUT2D eigenvalue weighted by molar-refractivity contribution is 5.61.